The van der Waals surface area contributed by atoms with Gasteiger partial charge in [-0.2, -0.15) is 0 Å². The molecule has 0 saturated heterocycles. The van der Waals surface area contributed by atoms with Gasteiger partial charge < -0.3 is 15.0 Å². The zero-order valence-corrected chi connectivity index (χ0v) is 15.3. The summed E-state index contributed by atoms with van der Waals surface area (Å²) in [6, 6.07) is 0. The molecular formula is C18H32N2O3. The second-order valence-corrected chi connectivity index (χ2v) is 6.83. The van der Waals surface area contributed by atoms with E-state index in [1.165, 1.54) is 4.90 Å². The number of unbranched alkanes of at least 4 members (excludes halogenated alkanes) is 1. The summed E-state index contributed by atoms with van der Waals surface area (Å²) in [4.78, 5) is 24.8. The third kappa shape index (κ3) is 11.5. The van der Waals surface area contributed by atoms with Crippen LogP contribution in [0.5, 0.6) is 0 Å². The number of amides is 2. The van der Waals surface area contributed by atoms with Crippen LogP contribution in [-0.2, 0) is 9.53 Å². The van der Waals surface area contributed by atoms with Gasteiger partial charge in [0.05, 0.1) is 0 Å². The van der Waals surface area contributed by atoms with E-state index >= 15 is 0 Å². The molecule has 5 heteroatoms. The summed E-state index contributed by atoms with van der Waals surface area (Å²) < 4.78 is 5.19. The van der Waals surface area contributed by atoms with E-state index in [1.807, 2.05) is 0 Å². The summed E-state index contributed by atoms with van der Waals surface area (Å²) >= 11 is 0. The Hall–Kier alpha value is -1.70. The van der Waals surface area contributed by atoms with E-state index in [9.17, 15) is 9.59 Å². The maximum Gasteiger partial charge on any atom is 0.410 e. The number of carbonyl (C=O) groups excluding carboxylic acids is 2. The van der Waals surface area contributed by atoms with Gasteiger partial charge in [0.15, 0.2) is 0 Å². The lowest BCUT2D eigenvalue weighted by molar-refractivity contribution is -0.122. The number of nitrogens with one attached hydrogen (secondary N) is 1. The van der Waals surface area contributed by atoms with Crippen molar-refractivity contribution < 1.29 is 14.3 Å². The minimum absolute atomic E-state index is 0.00225. The van der Waals surface area contributed by atoms with Crippen molar-refractivity contribution in [2.75, 3.05) is 20.1 Å². The van der Waals surface area contributed by atoms with Crippen LogP contribution in [-0.4, -0.2) is 42.6 Å². The minimum atomic E-state index is -0.562. The van der Waals surface area contributed by atoms with Gasteiger partial charge in [-0.25, -0.2) is 4.79 Å². The van der Waals surface area contributed by atoms with Crippen molar-refractivity contribution in [3.05, 3.63) is 0 Å². The molecule has 0 bridgehead atoms. The van der Waals surface area contributed by atoms with Gasteiger partial charge in [-0.05, 0) is 40.0 Å². The number of ether oxygens (including phenoxy) is 1. The van der Waals surface area contributed by atoms with Crippen LogP contribution in [0.15, 0.2) is 0 Å². The Bertz CT molecular complexity index is 407. The third-order valence-electron chi connectivity index (χ3n) is 3.26. The lowest BCUT2D eigenvalue weighted by Crippen LogP contribution is -2.41. The van der Waals surface area contributed by atoms with Crippen LogP contribution < -0.4 is 5.32 Å². The number of terminal acetylenes is 1. The number of hydrogen-bond donors (Lipinski definition) is 1. The molecule has 23 heavy (non-hydrogen) atoms. The Morgan fingerprint density at radius 3 is 2.43 bits per heavy atom. The molecule has 0 aromatic heterocycles. The van der Waals surface area contributed by atoms with E-state index in [4.69, 9.17) is 11.2 Å². The average Bonchev–Trinajstić information content (AvgIpc) is 2.43. The van der Waals surface area contributed by atoms with E-state index in [-0.39, 0.29) is 12.5 Å². The van der Waals surface area contributed by atoms with E-state index in [0.717, 1.165) is 32.1 Å². The predicted octanol–water partition coefficient (Wildman–Crippen LogP) is 3.19. The summed E-state index contributed by atoms with van der Waals surface area (Å²) in [5.41, 5.74) is -0.562. The molecule has 0 fully saturated rings. The molecule has 0 saturated carbocycles. The molecule has 0 spiro atoms. The molecule has 0 aromatic rings. The fraction of sp³-hybridized carbons (Fsp3) is 0.778. The first-order valence-electron chi connectivity index (χ1n) is 8.36. The number of hydrogen-bond acceptors (Lipinski definition) is 3. The zero-order valence-electron chi connectivity index (χ0n) is 15.3. The number of rotatable bonds is 9. The quantitative estimate of drug-likeness (QED) is 0.523. The summed E-state index contributed by atoms with van der Waals surface area (Å²) in [7, 11) is 1.55. The smallest absolute Gasteiger partial charge is 0.410 e. The molecule has 0 aliphatic rings. The van der Waals surface area contributed by atoms with Crippen LogP contribution in [0.2, 0.25) is 0 Å². The molecule has 0 aromatic carbocycles. The average molecular weight is 324 g/mol. The van der Waals surface area contributed by atoms with Gasteiger partial charge in [-0.3, -0.25) is 4.79 Å². The molecule has 0 heterocycles. The van der Waals surface area contributed by atoms with Crippen LogP contribution >= 0.6 is 0 Å². The SMILES string of the molecule is C#C[C@@H](CCC)CCCCNC(=O)CN(C)C(=O)OC(C)(C)C. The fourth-order valence-corrected chi connectivity index (χ4v) is 2.08. The molecule has 0 aliphatic carbocycles. The Balaban J connectivity index is 3.87. The van der Waals surface area contributed by atoms with Crippen molar-refractivity contribution in [3.63, 3.8) is 0 Å². The molecular weight excluding hydrogens is 292 g/mol. The van der Waals surface area contributed by atoms with Crippen molar-refractivity contribution in [1.29, 1.82) is 0 Å². The summed E-state index contributed by atoms with van der Waals surface area (Å²) in [5, 5.41) is 2.81. The normalized spacial score (nSPS) is 12.2. The first-order chi connectivity index (χ1) is 10.7. The van der Waals surface area contributed by atoms with E-state index in [2.05, 4.69) is 18.2 Å². The van der Waals surface area contributed by atoms with Gasteiger partial charge >= 0.3 is 6.09 Å². The molecule has 132 valence electrons. The monoisotopic (exact) mass is 324 g/mol. The van der Waals surface area contributed by atoms with Crippen molar-refractivity contribution in [3.8, 4) is 12.3 Å². The standard InChI is InChI=1S/C18H32N2O3/c1-7-11-15(8-2)12-9-10-13-19-16(21)14-20(6)17(22)23-18(3,4)5/h2,15H,7,9-14H2,1,3-6H3,(H,19,21)/t15-/m0/s1. The van der Waals surface area contributed by atoms with Gasteiger partial charge in [0.1, 0.15) is 12.1 Å². The molecule has 0 unspecified atom stereocenters. The van der Waals surface area contributed by atoms with Crippen LogP contribution in [0.25, 0.3) is 0 Å². The number of nitrogens with zero attached hydrogens (tertiary/aromatic N) is 1. The van der Waals surface area contributed by atoms with Crippen molar-refractivity contribution in [2.45, 2.75) is 65.4 Å². The molecule has 5 nitrogen and oxygen atoms in total. The highest BCUT2D eigenvalue weighted by atomic mass is 16.6. The predicted molar refractivity (Wildman–Crippen MR) is 93.0 cm³/mol. The molecule has 1 N–H and O–H groups in total. The molecule has 1 atom stereocenters. The van der Waals surface area contributed by atoms with Gasteiger partial charge in [-0.15, -0.1) is 12.3 Å². The minimum Gasteiger partial charge on any atom is -0.444 e. The highest BCUT2D eigenvalue weighted by molar-refractivity contribution is 5.82. The maximum absolute atomic E-state index is 11.8. The lowest BCUT2D eigenvalue weighted by atomic mass is 9.98. The number of carbonyl (C=O) groups is 2. The summed E-state index contributed by atoms with van der Waals surface area (Å²) in [5.74, 6) is 2.98. The fourth-order valence-electron chi connectivity index (χ4n) is 2.08. The molecule has 0 radical (unpaired) electrons. The van der Waals surface area contributed by atoms with Crippen LogP contribution in [0, 0.1) is 18.3 Å². The van der Waals surface area contributed by atoms with Gasteiger partial charge in [0.25, 0.3) is 0 Å². The first kappa shape index (κ1) is 21.3. The van der Waals surface area contributed by atoms with Crippen LogP contribution in [0.3, 0.4) is 0 Å². The van der Waals surface area contributed by atoms with Crippen LogP contribution in [0.4, 0.5) is 4.79 Å². The van der Waals surface area contributed by atoms with Crippen molar-refractivity contribution >= 4 is 12.0 Å². The lowest BCUT2D eigenvalue weighted by Gasteiger charge is -2.24. The van der Waals surface area contributed by atoms with Gasteiger partial charge in [0.2, 0.25) is 5.91 Å². The molecule has 0 aliphatic heterocycles. The highest BCUT2D eigenvalue weighted by Gasteiger charge is 2.20. The van der Waals surface area contributed by atoms with Crippen LogP contribution in [0.1, 0.15) is 59.8 Å². The second kappa shape index (κ2) is 10.9. The third-order valence-corrected chi connectivity index (χ3v) is 3.26. The zero-order chi connectivity index (χ0) is 17.9. The Kier molecular flexibility index (Phi) is 10.1. The first-order valence-corrected chi connectivity index (χ1v) is 8.36. The highest BCUT2D eigenvalue weighted by Crippen LogP contribution is 2.13. The van der Waals surface area contributed by atoms with Crippen molar-refractivity contribution in [1.82, 2.24) is 10.2 Å². The van der Waals surface area contributed by atoms with E-state index in [0.29, 0.717) is 12.5 Å². The second-order valence-electron chi connectivity index (χ2n) is 6.83. The molecule has 2 amide bonds. The molecule has 0 rings (SSSR count). The Morgan fingerprint density at radius 1 is 1.26 bits per heavy atom. The van der Waals surface area contributed by atoms with Crippen molar-refractivity contribution in [2.24, 2.45) is 5.92 Å². The maximum atomic E-state index is 11.8. The largest absolute Gasteiger partial charge is 0.444 e. The summed E-state index contributed by atoms with van der Waals surface area (Å²) in [6.07, 6.45) is 10.0. The number of likely N-dealkylation sites (N-methyl/N-ethyl adjacent to an activating group) is 1. The Morgan fingerprint density at radius 2 is 1.91 bits per heavy atom. The van der Waals surface area contributed by atoms with E-state index < -0.39 is 11.7 Å². The topological polar surface area (TPSA) is 58.6 Å². The summed E-state index contributed by atoms with van der Waals surface area (Å²) in [6.45, 7) is 8.11. The van der Waals surface area contributed by atoms with Gasteiger partial charge in [0, 0.05) is 19.5 Å². The van der Waals surface area contributed by atoms with Gasteiger partial charge in [-0.1, -0.05) is 19.8 Å². The van der Waals surface area contributed by atoms with E-state index in [1.54, 1.807) is 27.8 Å². The Labute approximate surface area is 141 Å².